The lowest BCUT2D eigenvalue weighted by molar-refractivity contribution is -0.134. The molecule has 1 rings (SSSR count). The van der Waals surface area contributed by atoms with Crippen LogP contribution in [0, 0.1) is 0 Å². The number of carbonyl (C=O) groups excluding carboxylic acids is 2. The summed E-state index contributed by atoms with van der Waals surface area (Å²) in [6.07, 6.45) is 1.83. The summed E-state index contributed by atoms with van der Waals surface area (Å²) in [5, 5.41) is 8.57. The van der Waals surface area contributed by atoms with Gasteiger partial charge in [-0.3, -0.25) is 14.9 Å². The van der Waals surface area contributed by atoms with E-state index in [0.29, 0.717) is 18.0 Å². The Hall–Kier alpha value is -1.17. The highest BCUT2D eigenvalue weighted by Crippen LogP contribution is 2.03. The van der Waals surface area contributed by atoms with E-state index in [0.717, 1.165) is 13.0 Å². The molecule has 1 heterocycles. The SMILES string of the molecule is CCCNC(=S)NC1CCC(=O)NC1=O. The molecule has 0 aromatic rings. The van der Waals surface area contributed by atoms with Gasteiger partial charge in [-0.15, -0.1) is 0 Å². The fraction of sp³-hybridized carbons (Fsp3) is 0.667. The zero-order chi connectivity index (χ0) is 11.3. The van der Waals surface area contributed by atoms with E-state index in [2.05, 4.69) is 16.0 Å². The monoisotopic (exact) mass is 229 g/mol. The molecule has 1 fully saturated rings. The van der Waals surface area contributed by atoms with Crippen LogP contribution in [0.4, 0.5) is 0 Å². The van der Waals surface area contributed by atoms with E-state index < -0.39 is 0 Å². The first kappa shape index (κ1) is 11.9. The molecule has 0 aromatic carbocycles. The number of nitrogens with one attached hydrogen (secondary N) is 3. The predicted molar refractivity (Wildman–Crippen MR) is 60.2 cm³/mol. The van der Waals surface area contributed by atoms with Crippen LogP contribution in [0.25, 0.3) is 0 Å². The van der Waals surface area contributed by atoms with Crippen LogP contribution in [0.1, 0.15) is 26.2 Å². The third kappa shape index (κ3) is 3.83. The van der Waals surface area contributed by atoms with E-state index in [-0.39, 0.29) is 17.9 Å². The van der Waals surface area contributed by atoms with Crippen LogP contribution >= 0.6 is 12.2 Å². The molecule has 0 spiro atoms. The van der Waals surface area contributed by atoms with Gasteiger partial charge < -0.3 is 10.6 Å². The molecule has 0 aromatic heterocycles. The van der Waals surface area contributed by atoms with Gasteiger partial charge in [0.2, 0.25) is 11.8 Å². The van der Waals surface area contributed by atoms with Crippen molar-refractivity contribution in [2.45, 2.75) is 32.2 Å². The minimum absolute atomic E-state index is 0.217. The molecular formula is C9H15N3O2S. The van der Waals surface area contributed by atoms with Crippen LogP contribution in [-0.2, 0) is 9.59 Å². The Morgan fingerprint density at radius 1 is 1.60 bits per heavy atom. The first-order valence-corrected chi connectivity index (χ1v) is 5.42. The third-order valence-electron chi connectivity index (χ3n) is 2.08. The van der Waals surface area contributed by atoms with E-state index in [1.165, 1.54) is 0 Å². The van der Waals surface area contributed by atoms with Gasteiger partial charge >= 0.3 is 0 Å². The quantitative estimate of drug-likeness (QED) is 0.456. The third-order valence-corrected chi connectivity index (χ3v) is 2.34. The molecule has 0 saturated carbocycles. The zero-order valence-electron chi connectivity index (χ0n) is 8.63. The van der Waals surface area contributed by atoms with Crippen molar-refractivity contribution >= 4 is 29.1 Å². The molecule has 2 amide bonds. The van der Waals surface area contributed by atoms with Crippen molar-refractivity contribution in [3.05, 3.63) is 0 Å². The van der Waals surface area contributed by atoms with Gasteiger partial charge in [-0.05, 0) is 25.1 Å². The van der Waals surface area contributed by atoms with Crippen molar-refractivity contribution in [1.82, 2.24) is 16.0 Å². The fourth-order valence-electron chi connectivity index (χ4n) is 1.28. The molecular weight excluding hydrogens is 214 g/mol. The largest absolute Gasteiger partial charge is 0.363 e. The first-order valence-electron chi connectivity index (χ1n) is 5.01. The molecule has 0 bridgehead atoms. The van der Waals surface area contributed by atoms with Crippen LogP contribution in [0.15, 0.2) is 0 Å². The topological polar surface area (TPSA) is 70.2 Å². The van der Waals surface area contributed by atoms with Gasteiger partial charge in [-0.2, -0.15) is 0 Å². The van der Waals surface area contributed by atoms with Crippen molar-refractivity contribution in [2.24, 2.45) is 0 Å². The first-order chi connectivity index (χ1) is 7.13. The van der Waals surface area contributed by atoms with Crippen molar-refractivity contribution in [3.8, 4) is 0 Å². The smallest absolute Gasteiger partial charge is 0.249 e. The molecule has 15 heavy (non-hydrogen) atoms. The van der Waals surface area contributed by atoms with E-state index in [1.807, 2.05) is 6.92 Å². The summed E-state index contributed by atoms with van der Waals surface area (Å²) in [7, 11) is 0. The molecule has 0 aliphatic carbocycles. The average molecular weight is 229 g/mol. The summed E-state index contributed by atoms with van der Waals surface area (Å²) in [4.78, 5) is 22.2. The van der Waals surface area contributed by atoms with Crippen LogP contribution < -0.4 is 16.0 Å². The fourth-order valence-corrected chi connectivity index (χ4v) is 1.52. The Morgan fingerprint density at radius 2 is 2.33 bits per heavy atom. The van der Waals surface area contributed by atoms with E-state index in [9.17, 15) is 9.59 Å². The standard InChI is InChI=1S/C9H15N3O2S/c1-2-5-10-9(15)11-6-3-4-7(13)12-8(6)14/h6H,2-5H2,1H3,(H2,10,11,15)(H,12,13,14). The maximum absolute atomic E-state index is 11.3. The Balaban J connectivity index is 2.34. The highest BCUT2D eigenvalue weighted by atomic mass is 32.1. The van der Waals surface area contributed by atoms with Gasteiger partial charge in [-0.25, -0.2) is 0 Å². The number of hydrogen-bond donors (Lipinski definition) is 3. The lowest BCUT2D eigenvalue weighted by Gasteiger charge is -2.23. The van der Waals surface area contributed by atoms with Gasteiger partial charge in [0.05, 0.1) is 0 Å². The second-order valence-electron chi connectivity index (χ2n) is 3.40. The van der Waals surface area contributed by atoms with E-state index in [1.54, 1.807) is 0 Å². The lowest BCUT2D eigenvalue weighted by atomic mass is 10.1. The van der Waals surface area contributed by atoms with Crippen LogP contribution in [0.2, 0.25) is 0 Å². The van der Waals surface area contributed by atoms with Crippen molar-refractivity contribution in [1.29, 1.82) is 0 Å². The lowest BCUT2D eigenvalue weighted by Crippen LogP contribution is -2.54. The summed E-state index contributed by atoms with van der Waals surface area (Å²) in [6.45, 7) is 2.81. The predicted octanol–water partition coefficient (Wildman–Crippen LogP) is -0.334. The maximum Gasteiger partial charge on any atom is 0.249 e. The summed E-state index contributed by atoms with van der Waals surface area (Å²) < 4.78 is 0. The van der Waals surface area contributed by atoms with E-state index >= 15 is 0 Å². The molecule has 5 nitrogen and oxygen atoms in total. The van der Waals surface area contributed by atoms with Crippen LogP contribution in [-0.4, -0.2) is 29.5 Å². The molecule has 84 valence electrons. The zero-order valence-corrected chi connectivity index (χ0v) is 9.45. The number of hydrogen-bond acceptors (Lipinski definition) is 3. The summed E-state index contributed by atoms with van der Waals surface area (Å²) in [6, 6.07) is -0.389. The number of thiocarbonyl (C=S) groups is 1. The Labute approximate surface area is 94.0 Å². The Kier molecular flexibility index (Phi) is 4.48. The minimum atomic E-state index is -0.389. The number of rotatable bonds is 3. The van der Waals surface area contributed by atoms with Gasteiger partial charge in [0.25, 0.3) is 0 Å². The van der Waals surface area contributed by atoms with Crippen LogP contribution in [0.3, 0.4) is 0 Å². The highest BCUT2D eigenvalue weighted by Gasteiger charge is 2.26. The van der Waals surface area contributed by atoms with Crippen LogP contribution in [0.5, 0.6) is 0 Å². The van der Waals surface area contributed by atoms with Crippen molar-refractivity contribution in [2.75, 3.05) is 6.54 Å². The molecule has 1 saturated heterocycles. The molecule has 1 unspecified atom stereocenters. The average Bonchev–Trinajstić information content (AvgIpc) is 2.19. The number of imide groups is 1. The number of amides is 2. The summed E-state index contributed by atoms with van der Waals surface area (Å²) >= 11 is 5.00. The van der Waals surface area contributed by atoms with Gasteiger partial charge in [0.15, 0.2) is 5.11 Å². The second kappa shape index (κ2) is 5.65. The molecule has 1 aliphatic heterocycles. The maximum atomic E-state index is 11.3. The molecule has 0 radical (unpaired) electrons. The Bertz CT molecular complexity index is 281. The van der Waals surface area contributed by atoms with Crippen molar-refractivity contribution < 1.29 is 9.59 Å². The summed E-state index contributed by atoms with van der Waals surface area (Å²) in [5.74, 6) is -0.516. The van der Waals surface area contributed by atoms with E-state index in [4.69, 9.17) is 12.2 Å². The number of piperidine rings is 1. The molecule has 3 N–H and O–H groups in total. The molecule has 1 aliphatic rings. The second-order valence-corrected chi connectivity index (χ2v) is 3.81. The number of carbonyl (C=O) groups is 2. The highest BCUT2D eigenvalue weighted by molar-refractivity contribution is 7.80. The molecule has 1 atom stereocenters. The van der Waals surface area contributed by atoms with Gasteiger partial charge in [0.1, 0.15) is 6.04 Å². The molecule has 6 heteroatoms. The Morgan fingerprint density at radius 3 is 2.93 bits per heavy atom. The minimum Gasteiger partial charge on any atom is -0.363 e. The van der Waals surface area contributed by atoms with Crippen molar-refractivity contribution in [3.63, 3.8) is 0 Å². The summed E-state index contributed by atoms with van der Waals surface area (Å²) in [5.41, 5.74) is 0. The van der Waals surface area contributed by atoms with Gasteiger partial charge in [-0.1, -0.05) is 6.92 Å². The van der Waals surface area contributed by atoms with Gasteiger partial charge in [0, 0.05) is 13.0 Å². The normalized spacial score (nSPS) is 20.7.